The number of hydrogen-bond acceptors (Lipinski definition) is 3. The van der Waals surface area contributed by atoms with Crippen molar-refractivity contribution in [1.29, 1.82) is 0 Å². The summed E-state index contributed by atoms with van der Waals surface area (Å²) in [5.74, 6) is -0.00189. The second kappa shape index (κ2) is 6.54. The maximum atomic E-state index is 11.6. The average molecular weight is 252 g/mol. The summed E-state index contributed by atoms with van der Waals surface area (Å²) < 4.78 is 1.91. The molecule has 0 aliphatic rings. The number of carbonyl (C=O) groups excluding carboxylic acids is 1. The third kappa shape index (κ3) is 3.57. The Morgan fingerprint density at radius 2 is 2.11 bits per heavy atom. The van der Waals surface area contributed by atoms with Gasteiger partial charge in [0.15, 0.2) is 0 Å². The van der Waals surface area contributed by atoms with Gasteiger partial charge >= 0.3 is 0 Å². The lowest BCUT2D eigenvalue weighted by molar-refractivity contribution is -0.121. The minimum absolute atomic E-state index is 0.00189. The summed E-state index contributed by atoms with van der Waals surface area (Å²) in [4.78, 5) is 11.6. The molecule has 0 aromatic carbocycles. The Bertz CT molecular complexity index is 409. The summed E-state index contributed by atoms with van der Waals surface area (Å²) in [6.07, 6.45) is 2.16. The van der Waals surface area contributed by atoms with Crippen LogP contribution in [0.1, 0.15) is 44.1 Å². The van der Waals surface area contributed by atoms with Crippen molar-refractivity contribution in [3.8, 4) is 0 Å². The Morgan fingerprint density at radius 1 is 1.44 bits per heavy atom. The van der Waals surface area contributed by atoms with E-state index in [-0.39, 0.29) is 11.9 Å². The molecule has 1 aromatic heterocycles. The summed E-state index contributed by atoms with van der Waals surface area (Å²) in [6, 6.07) is -0.102. The molecule has 0 aliphatic carbocycles. The molecule has 5 heteroatoms. The average Bonchev–Trinajstić information content (AvgIpc) is 2.61. The number of aryl methyl sites for hydroxylation is 2. The largest absolute Gasteiger partial charge is 0.352 e. The molecule has 1 aromatic rings. The Kier molecular flexibility index (Phi) is 5.34. The highest BCUT2D eigenvalue weighted by atomic mass is 16.1. The van der Waals surface area contributed by atoms with Crippen molar-refractivity contribution in [3.05, 3.63) is 17.0 Å². The van der Waals surface area contributed by atoms with Gasteiger partial charge in [-0.1, -0.05) is 13.8 Å². The van der Waals surface area contributed by atoms with Gasteiger partial charge in [0.05, 0.1) is 5.69 Å². The van der Waals surface area contributed by atoms with Crippen LogP contribution in [0.4, 0.5) is 0 Å². The van der Waals surface area contributed by atoms with Crippen LogP contribution in [0.25, 0.3) is 0 Å². The van der Waals surface area contributed by atoms with Crippen LogP contribution in [0.2, 0.25) is 0 Å². The van der Waals surface area contributed by atoms with Crippen LogP contribution in [0.5, 0.6) is 0 Å². The summed E-state index contributed by atoms with van der Waals surface area (Å²) in [6.45, 7) is 6.56. The van der Waals surface area contributed by atoms with Gasteiger partial charge in [-0.05, 0) is 19.8 Å². The first kappa shape index (κ1) is 14.7. The Labute approximate surface area is 109 Å². The van der Waals surface area contributed by atoms with E-state index in [2.05, 4.69) is 24.3 Å². The first-order chi connectivity index (χ1) is 8.49. The quantitative estimate of drug-likeness (QED) is 0.790. The van der Waals surface area contributed by atoms with Gasteiger partial charge in [-0.3, -0.25) is 9.48 Å². The van der Waals surface area contributed by atoms with Crippen LogP contribution in [0.15, 0.2) is 0 Å². The second-order valence-electron chi connectivity index (χ2n) is 4.66. The van der Waals surface area contributed by atoms with Crippen LogP contribution in [-0.4, -0.2) is 21.7 Å². The molecule has 0 saturated carbocycles. The highest BCUT2D eigenvalue weighted by Gasteiger charge is 2.14. The predicted molar refractivity (Wildman–Crippen MR) is 72.1 cm³/mol. The fourth-order valence-corrected chi connectivity index (χ4v) is 2.15. The fourth-order valence-electron chi connectivity index (χ4n) is 2.15. The monoisotopic (exact) mass is 252 g/mol. The van der Waals surface area contributed by atoms with Crippen LogP contribution in [-0.2, 0) is 31.2 Å². The van der Waals surface area contributed by atoms with Crippen molar-refractivity contribution in [1.82, 2.24) is 15.1 Å². The standard InChI is InChI=1S/C13H24N4O/c1-5-11-10(12(6-2)17(4)16-11)8-15-13(18)7-9(3)14/h9H,5-8,14H2,1-4H3,(H,15,18). The molecule has 5 nitrogen and oxygen atoms in total. The normalized spacial score (nSPS) is 12.5. The molecule has 3 N–H and O–H groups in total. The topological polar surface area (TPSA) is 72.9 Å². The number of nitrogens with one attached hydrogen (secondary N) is 1. The Morgan fingerprint density at radius 3 is 2.61 bits per heavy atom. The third-order valence-electron chi connectivity index (χ3n) is 3.00. The maximum absolute atomic E-state index is 11.6. The van der Waals surface area contributed by atoms with Gasteiger partial charge < -0.3 is 11.1 Å². The van der Waals surface area contributed by atoms with Crippen molar-refractivity contribution in [2.24, 2.45) is 12.8 Å². The zero-order valence-corrected chi connectivity index (χ0v) is 11.8. The summed E-state index contributed by atoms with van der Waals surface area (Å²) in [5, 5.41) is 7.40. The molecule has 0 radical (unpaired) electrons. The summed E-state index contributed by atoms with van der Waals surface area (Å²) >= 11 is 0. The van der Waals surface area contributed by atoms with Crippen LogP contribution < -0.4 is 11.1 Å². The first-order valence-electron chi connectivity index (χ1n) is 6.55. The number of amides is 1. The van der Waals surface area contributed by atoms with E-state index in [1.165, 1.54) is 5.69 Å². The van der Waals surface area contributed by atoms with Crippen molar-refractivity contribution in [3.63, 3.8) is 0 Å². The third-order valence-corrected chi connectivity index (χ3v) is 3.00. The van der Waals surface area contributed by atoms with Crippen LogP contribution in [0, 0.1) is 0 Å². The van der Waals surface area contributed by atoms with Gasteiger partial charge in [-0.25, -0.2) is 0 Å². The highest BCUT2D eigenvalue weighted by molar-refractivity contribution is 5.76. The van der Waals surface area contributed by atoms with E-state index in [1.54, 1.807) is 0 Å². The van der Waals surface area contributed by atoms with Crippen molar-refractivity contribution >= 4 is 5.91 Å². The molecular formula is C13H24N4O. The molecule has 102 valence electrons. The molecule has 0 aliphatic heterocycles. The molecule has 0 saturated heterocycles. The molecule has 0 bridgehead atoms. The van der Waals surface area contributed by atoms with E-state index in [9.17, 15) is 4.79 Å². The molecule has 1 amide bonds. The van der Waals surface area contributed by atoms with Gasteiger partial charge in [0.25, 0.3) is 0 Å². The van der Waals surface area contributed by atoms with Crippen molar-refractivity contribution < 1.29 is 4.79 Å². The molecule has 1 atom stereocenters. The molecule has 1 unspecified atom stereocenters. The SMILES string of the molecule is CCc1nn(C)c(CC)c1CNC(=O)CC(C)N. The van der Waals surface area contributed by atoms with E-state index in [1.807, 2.05) is 18.7 Å². The number of rotatable bonds is 6. The lowest BCUT2D eigenvalue weighted by atomic mass is 10.1. The minimum Gasteiger partial charge on any atom is -0.352 e. The molecule has 1 heterocycles. The number of hydrogen-bond donors (Lipinski definition) is 2. The number of nitrogens with zero attached hydrogens (tertiary/aromatic N) is 2. The summed E-state index contributed by atoms with van der Waals surface area (Å²) in [7, 11) is 1.95. The molecular weight excluding hydrogens is 228 g/mol. The van der Waals surface area contributed by atoms with Gasteiger partial charge in [-0.2, -0.15) is 5.10 Å². The molecule has 0 fully saturated rings. The smallest absolute Gasteiger partial charge is 0.221 e. The second-order valence-corrected chi connectivity index (χ2v) is 4.66. The highest BCUT2D eigenvalue weighted by Crippen LogP contribution is 2.15. The van der Waals surface area contributed by atoms with Gasteiger partial charge in [0.1, 0.15) is 0 Å². The van der Waals surface area contributed by atoms with E-state index < -0.39 is 0 Å². The molecule has 1 rings (SSSR count). The predicted octanol–water partition coefficient (Wildman–Crippen LogP) is 0.898. The first-order valence-corrected chi connectivity index (χ1v) is 6.55. The van der Waals surface area contributed by atoms with Crippen molar-refractivity contribution in [2.45, 2.75) is 52.6 Å². The van der Waals surface area contributed by atoms with Gasteiger partial charge in [0.2, 0.25) is 5.91 Å². The molecule has 18 heavy (non-hydrogen) atoms. The zero-order chi connectivity index (χ0) is 13.7. The number of carbonyl (C=O) groups is 1. The van der Waals surface area contributed by atoms with Crippen LogP contribution >= 0.6 is 0 Å². The lowest BCUT2D eigenvalue weighted by Gasteiger charge is -2.09. The van der Waals surface area contributed by atoms with Gasteiger partial charge in [-0.15, -0.1) is 0 Å². The Balaban J connectivity index is 2.74. The fraction of sp³-hybridized carbons (Fsp3) is 0.692. The number of nitrogens with two attached hydrogens (primary N) is 1. The van der Waals surface area contributed by atoms with E-state index in [0.29, 0.717) is 13.0 Å². The Hall–Kier alpha value is -1.36. The minimum atomic E-state index is -0.102. The zero-order valence-electron chi connectivity index (χ0n) is 11.8. The lowest BCUT2D eigenvalue weighted by Crippen LogP contribution is -2.29. The van der Waals surface area contributed by atoms with E-state index in [0.717, 1.165) is 24.1 Å². The number of aromatic nitrogens is 2. The van der Waals surface area contributed by atoms with Gasteiger partial charge in [0, 0.05) is 37.3 Å². The van der Waals surface area contributed by atoms with E-state index >= 15 is 0 Å². The summed E-state index contributed by atoms with van der Waals surface area (Å²) in [5.41, 5.74) is 9.01. The molecule has 0 spiro atoms. The maximum Gasteiger partial charge on any atom is 0.221 e. The van der Waals surface area contributed by atoms with E-state index in [4.69, 9.17) is 5.73 Å². The van der Waals surface area contributed by atoms with Crippen LogP contribution in [0.3, 0.4) is 0 Å². The van der Waals surface area contributed by atoms with Crippen molar-refractivity contribution in [2.75, 3.05) is 0 Å².